The van der Waals surface area contributed by atoms with Gasteiger partial charge in [0.25, 0.3) is 5.91 Å². The first-order valence-electron chi connectivity index (χ1n) is 6.74. The van der Waals surface area contributed by atoms with Crippen molar-refractivity contribution in [1.82, 2.24) is 14.8 Å². The van der Waals surface area contributed by atoms with Crippen molar-refractivity contribution in [3.63, 3.8) is 0 Å². The van der Waals surface area contributed by atoms with Gasteiger partial charge in [-0.25, -0.2) is 4.98 Å². The number of nitrogens with one attached hydrogen (secondary N) is 1. The number of nitrogens with zero attached hydrogens (tertiary/aromatic N) is 3. The molecule has 0 bridgehead atoms. The highest BCUT2D eigenvalue weighted by molar-refractivity contribution is 6.04. The Hall–Kier alpha value is -3.15. The van der Waals surface area contributed by atoms with Gasteiger partial charge in [0.2, 0.25) is 0 Å². The van der Waals surface area contributed by atoms with Crippen molar-refractivity contribution >= 4 is 11.7 Å². The highest BCUT2D eigenvalue weighted by Crippen LogP contribution is 2.19. The Kier molecular flexibility index (Phi) is 3.82. The molecule has 0 saturated heterocycles. The van der Waals surface area contributed by atoms with E-state index in [1.54, 1.807) is 16.9 Å². The molecule has 0 aliphatic carbocycles. The molecule has 3 rings (SSSR count). The minimum atomic E-state index is -0.367. The number of rotatable bonds is 4. The molecule has 1 aromatic carbocycles. The fraction of sp³-hybridized carbons (Fsp3) is 0.0625. The van der Waals surface area contributed by atoms with Crippen LogP contribution in [0.4, 0.5) is 5.82 Å². The fourth-order valence-corrected chi connectivity index (χ4v) is 2.01. The molecule has 1 amide bonds. The number of pyridine rings is 1. The second-order valence-electron chi connectivity index (χ2n) is 4.74. The van der Waals surface area contributed by atoms with Gasteiger partial charge in [0, 0.05) is 12.4 Å². The summed E-state index contributed by atoms with van der Waals surface area (Å²) >= 11 is 0. The molecule has 0 saturated carbocycles. The summed E-state index contributed by atoms with van der Waals surface area (Å²) in [6, 6.07) is 12.9. The summed E-state index contributed by atoms with van der Waals surface area (Å²) in [4.78, 5) is 16.0. The summed E-state index contributed by atoms with van der Waals surface area (Å²) in [5, 5.41) is 16.3. The minimum absolute atomic E-state index is 0.0764. The number of aromatic nitrogens is 3. The van der Waals surface area contributed by atoms with E-state index in [1.807, 2.05) is 30.3 Å². The maximum atomic E-state index is 12.1. The van der Waals surface area contributed by atoms with Crippen LogP contribution >= 0.6 is 0 Å². The molecule has 6 nitrogen and oxygen atoms in total. The predicted molar refractivity (Wildman–Crippen MR) is 81.6 cm³/mol. The van der Waals surface area contributed by atoms with Gasteiger partial charge in [0.1, 0.15) is 0 Å². The van der Waals surface area contributed by atoms with Gasteiger partial charge >= 0.3 is 0 Å². The van der Waals surface area contributed by atoms with Crippen LogP contribution in [0.25, 0.3) is 0 Å². The molecule has 0 radical (unpaired) electrons. The van der Waals surface area contributed by atoms with Crippen molar-refractivity contribution in [1.29, 1.82) is 0 Å². The van der Waals surface area contributed by atoms with Gasteiger partial charge in [0.15, 0.2) is 11.6 Å². The predicted octanol–water partition coefficient (Wildman–Crippen LogP) is 2.28. The lowest BCUT2D eigenvalue weighted by Gasteiger charge is -2.04. The molecule has 0 fully saturated rings. The van der Waals surface area contributed by atoms with Crippen LogP contribution in [0.5, 0.6) is 5.75 Å². The Balaban J connectivity index is 1.71. The minimum Gasteiger partial charge on any atom is -0.504 e. The smallest absolute Gasteiger partial charge is 0.260 e. The van der Waals surface area contributed by atoms with Gasteiger partial charge in [-0.15, -0.1) is 0 Å². The SMILES string of the molecule is O=C(Nc1ncccc1O)c1cnn(Cc2ccccc2)c1. The zero-order valence-corrected chi connectivity index (χ0v) is 11.7. The van der Waals surface area contributed by atoms with E-state index in [9.17, 15) is 9.90 Å². The van der Waals surface area contributed by atoms with Gasteiger partial charge in [-0.05, 0) is 17.7 Å². The molecular formula is C16H14N4O2. The molecule has 0 unspecified atom stereocenters. The lowest BCUT2D eigenvalue weighted by Crippen LogP contribution is -2.12. The number of aromatic hydroxyl groups is 1. The van der Waals surface area contributed by atoms with Gasteiger partial charge in [-0.3, -0.25) is 9.48 Å². The zero-order valence-electron chi connectivity index (χ0n) is 11.7. The van der Waals surface area contributed by atoms with Crippen LogP contribution in [0.2, 0.25) is 0 Å². The second kappa shape index (κ2) is 6.09. The van der Waals surface area contributed by atoms with Crippen LogP contribution in [0.15, 0.2) is 61.1 Å². The third-order valence-corrected chi connectivity index (χ3v) is 3.10. The molecule has 6 heteroatoms. The zero-order chi connectivity index (χ0) is 15.4. The van der Waals surface area contributed by atoms with Crippen molar-refractivity contribution in [2.24, 2.45) is 0 Å². The first-order chi connectivity index (χ1) is 10.7. The molecule has 0 aliphatic heterocycles. The van der Waals surface area contributed by atoms with Crippen LogP contribution in [-0.2, 0) is 6.54 Å². The monoisotopic (exact) mass is 294 g/mol. The van der Waals surface area contributed by atoms with Gasteiger partial charge in [-0.1, -0.05) is 30.3 Å². The third kappa shape index (κ3) is 3.12. The average molecular weight is 294 g/mol. The van der Waals surface area contributed by atoms with Gasteiger partial charge in [0.05, 0.1) is 18.3 Å². The van der Waals surface area contributed by atoms with Crippen LogP contribution in [0.1, 0.15) is 15.9 Å². The Morgan fingerprint density at radius 1 is 1.18 bits per heavy atom. The molecule has 0 aliphatic rings. The Bertz CT molecular complexity index is 784. The normalized spacial score (nSPS) is 10.4. The fourth-order valence-electron chi connectivity index (χ4n) is 2.01. The van der Waals surface area contributed by atoms with Crippen LogP contribution in [0.3, 0.4) is 0 Å². The third-order valence-electron chi connectivity index (χ3n) is 3.10. The van der Waals surface area contributed by atoms with Gasteiger partial charge < -0.3 is 10.4 Å². The molecule has 0 spiro atoms. The summed E-state index contributed by atoms with van der Waals surface area (Å²) in [5.74, 6) is -0.316. The average Bonchev–Trinajstić information content (AvgIpc) is 2.99. The van der Waals surface area contributed by atoms with E-state index >= 15 is 0 Å². The molecule has 2 heterocycles. The highest BCUT2D eigenvalue weighted by atomic mass is 16.3. The van der Waals surface area contributed by atoms with E-state index < -0.39 is 0 Å². The quantitative estimate of drug-likeness (QED) is 0.773. The molecule has 3 aromatic rings. The maximum absolute atomic E-state index is 12.1. The first-order valence-corrected chi connectivity index (χ1v) is 6.74. The number of carbonyl (C=O) groups is 1. The van der Waals surface area contributed by atoms with E-state index in [1.165, 1.54) is 18.5 Å². The van der Waals surface area contributed by atoms with Crippen molar-refractivity contribution < 1.29 is 9.90 Å². The van der Waals surface area contributed by atoms with Crippen molar-refractivity contribution in [2.45, 2.75) is 6.54 Å². The van der Waals surface area contributed by atoms with Gasteiger partial charge in [-0.2, -0.15) is 5.10 Å². The molecule has 110 valence electrons. The summed E-state index contributed by atoms with van der Waals surface area (Å²) in [5.41, 5.74) is 1.50. The van der Waals surface area contributed by atoms with E-state index in [4.69, 9.17) is 0 Å². The Morgan fingerprint density at radius 3 is 2.77 bits per heavy atom. The van der Waals surface area contributed by atoms with Crippen LogP contribution in [-0.4, -0.2) is 25.8 Å². The van der Waals surface area contributed by atoms with Crippen LogP contribution < -0.4 is 5.32 Å². The number of amides is 1. The van der Waals surface area contributed by atoms with E-state index in [0.29, 0.717) is 12.1 Å². The van der Waals surface area contributed by atoms with E-state index in [0.717, 1.165) is 5.56 Å². The number of benzene rings is 1. The summed E-state index contributed by atoms with van der Waals surface area (Å²) in [6.07, 6.45) is 4.63. The van der Waals surface area contributed by atoms with Crippen molar-refractivity contribution in [2.75, 3.05) is 5.32 Å². The molecule has 2 N–H and O–H groups in total. The summed E-state index contributed by atoms with van der Waals surface area (Å²) in [7, 11) is 0. The lowest BCUT2D eigenvalue weighted by atomic mass is 10.2. The molecule has 2 aromatic heterocycles. The summed E-state index contributed by atoms with van der Waals surface area (Å²) in [6.45, 7) is 0.586. The highest BCUT2D eigenvalue weighted by Gasteiger charge is 2.11. The molecule has 22 heavy (non-hydrogen) atoms. The number of carbonyl (C=O) groups excluding carboxylic acids is 1. The Labute approximate surface area is 127 Å². The Morgan fingerprint density at radius 2 is 2.00 bits per heavy atom. The number of anilines is 1. The van der Waals surface area contributed by atoms with E-state index in [-0.39, 0.29) is 17.5 Å². The standard InChI is InChI=1S/C16H14N4O2/c21-14-7-4-8-17-15(14)19-16(22)13-9-18-20(11-13)10-12-5-2-1-3-6-12/h1-9,11,21H,10H2,(H,17,19,22). The van der Waals surface area contributed by atoms with Crippen LogP contribution in [0, 0.1) is 0 Å². The molecule has 0 atom stereocenters. The maximum Gasteiger partial charge on any atom is 0.260 e. The van der Waals surface area contributed by atoms with E-state index in [2.05, 4.69) is 15.4 Å². The lowest BCUT2D eigenvalue weighted by molar-refractivity contribution is 0.102. The van der Waals surface area contributed by atoms with Crippen molar-refractivity contribution in [3.05, 3.63) is 72.2 Å². The second-order valence-corrected chi connectivity index (χ2v) is 4.74. The molecular weight excluding hydrogens is 280 g/mol. The number of hydrogen-bond acceptors (Lipinski definition) is 4. The topological polar surface area (TPSA) is 80.0 Å². The number of hydrogen-bond donors (Lipinski definition) is 2. The van der Waals surface area contributed by atoms with Crippen molar-refractivity contribution in [3.8, 4) is 5.75 Å². The summed E-state index contributed by atoms with van der Waals surface area (Å²) < 4.78 is 1.68. The first kappa shape index (κ1) is 13.8. The largest absolute Gasteiger partial charge is 0.504 e.